The molecule has 12 heteroatoms. The number of nitrogens with two attached hydrogens (primary N) is 2. The maximum atomic E-state index is 13.6. The summed E-state index contributed by atoms with van der Waals surface area (Å²) in [5.41, 5.74) is 25.9. The van der Waals surface area contributed by atoms with Crippen LogP contribution in [0.3, 0.4) is 0 Å². The standard InChI is InChI=1S/C37H45N7O5/c1-23(2)31(20-35(46)49-22-32-29-10-5-3-8-27(29)28-9-4-6-11-30(28)32)36(47)43-33(12-7-17-41-37(39)48)34(45)19-25-15-13-24(14-16-25)18-26(38)21-42-44-40/h3-6,8-11,13-16,23,26,31-33H,7,12,17-22,38H2,1-2H3,(H,43,47)(H3,39,41,48)/t26-,31-,33-/m0/s1. The third-order valence-corrected chi connectivity index (χ3v) is 8.85. The van der Waals surface area contributed by atoms with Gasteiger partial charge in [-0.1, -0.05) is 91.8 Å². The minimum atomic E-state index is -0.845. The van der Waals surface area contributed by atoms with E-state index in [0.29, 0.717) is 12.8 Å². The average Bonchev–Trinajstić information content (AvgIpc) is 3.40. The molecule has 258 valence electrons. The molecule has 0 radical (unpaired) electrons. The zero-order chi connectivity index (χ0) is 35.3. The summed E-state index contributed by atoms with van der Waals surface area (Å²) >= 11 is 0. The number of nitrogens with one attached hydrogen (secondary N) is 2. The van der Waals surface area contributed by atoms with Crippen LogP contribution in [0.2, 0.25) is 0 Å². The number of hydrogen-bond acceptors (Lipinski definition) is 7. The monoisotopic (exact) mass is 667 g/mol. The van der Waals surface area contributed by atoms with E-state index in [1.54, 1.807) is 0 Å². The minimum absolute atomic E-state index is 0.0674. The lowest BCUT2D eigenvalue weighted by Crippen LogP contribution is -2.46. The molecular formula is C37H45N7O5. The van der Waals surface area contributed by atoms with Gasteiger partial charge in [0.1, 0.15) is 6.61 Å². The quantitative estimate of drug-likeness (QED) is 0.0487. The number of primary amides is 1. The molecule has 6 N–H and O–H groups in total. The van der Waals surface area contributed by atoms with E-state index < -0.39 is 29.9 Å². The predicted molar refractivity (Wildman–Crippen MR) is 187 cm³/mol. The number of benzene rings is 3. The fraction of sp³-hybridized carbons (Fsp3) is 0.405. The highest BCUT2D eigenvalue weighted by molar-refractivity contribution is 5.92. The van der Waals surface area contributed by atoms with Crippen molar-refractivity contribution in [3.05, 3.63) is 105 Å². The van der Waals surface area contributed by atoms with Gasteiger partial charge in [0.15, 0.2) is 5.78 Å². The van der Waals surface area contributed by atoms with Crippen LogP contribution in [0.1, 0.15) is 61.3 Å². The van der Waals surface area contributed by atoms with Crippen LogP contribution < -0.4 is 22.1 Å². The molecule has 0 aliphatic heterocycles. The molecule has 49 heavy (non-hydrogen) atoms. The van der Waals surface area contributed by atoms with E-state index >= 15 is 0 Å². The number of hydrogen-bond donors (Lipinski definition) is 4. The highest BCUT2D eigenvalue weighted by Gasteiger charge is 2.32. The molecule has 3 atom stereocenters. The Balaban J connectivity index is 1.38. The minimum Gasteiger partial charge on any atom is -0.465 e. The van der Waals surface area contributed by atoms with Crippen molar-refractivity contribution in [3.63, 3.8) is 0 Å². The van der Waals surface area contributed by atoms with Gasteiger partial charge in [-0.25, -0.2) is 4.79 Å². The Labute approximate surface area is 286 Å². The van der Waals surface area contributed by atoms with Gasteiger partial charge in [-0.2, -0.15) is 0 Å². The number of ketones is 1. The Morgan fingerprint density at radius 3 is 2.14 bits per heavy atom. The second-order valence-corrected chi connectivity index (χ2v) is 12.8. The molecule has 0 saturated heterocycles. The largest absolute Gasteiger partial charge is 0.465 e. The number of azide groups is 1. The van der Waals surface area contributed by atoms with Gasteiger partial charge in [-0.3, -0.25) is 14.4 Å². The number of carbonyl (C=O) groups is 4. The SMILES string of the molecule is CC(C)[C@H](CC(=O)OCC1c2ccccc2-c2ccccc21)C(=O)N[C@@H](CCCNC(N)=O)C(=O)Cc1ccc(C[C@H](N)CN=[N+]=[N-])cc1. The Bertz CT molecular complexity index is 1620. The maximum Gasteiger partial charge on any atom is 0.312 e. The van der Waals surface area contributed by atoms with Crippen molar-refractivity contribution in [2.45, 2.75) is 64.0 Å². The topological polar surface area (TPSA) is 202 Å². The van der Waals surface area contributed by atoms with Gasteiger partial charge < -0.3 is 26.8 Å². The van der Waals surface area contributed by atoms with Crippen molar-refractivity contribution in [2.24, 2.45) is 28.4 Å². The van der Waals surface area contributed by atoms with E-state index in [9.17, 15) is 19.2 Å². The van der Waals surface area contributed by atoms with Gasteiger partial charge in [-0.15, -0.1) is 0 Å². The fourth-order valence-electron chi connectivity index (χ4n) is 6.22. The third kappa shape index (κ3) is 10.4. The Morgan fingerprint density at radius 2 is 1.55 bits per heavy atom. The lowest BCUT2D eigenvalue weighted by molar-refractivity contribution is -0.148. The maximum absolute atomic E-state index is 13.6. The summed E-state index contributed by atoms with van der Waals surface area (Å²) < 4.78 is 5.79. The van der Waals surface area contributed by atoms with Gasteiger partial charge in [0, 0.05) is 36.4 Å². The summed E-state index contributed by atoms with van der Waals surface area (Å²) in [5, 5.41) is 8.91. The molecule has 3 amide bonds. The Morgan fingerprint density at radius 1 is 0.939 bits per heavy atom. The zero-order valence-corrected chi connectivity index (χ0v) is 28.0. The van der Waals surface area contributed by atoms with Crippen molar-refractivity contribution in [1.29, 1.82) is 0 Å². The van der Waals surface area contributed by atoms with E-state index in [1.165, 1.54) is 0 Å². The molecule has 0 heterocycles. The molecular weight excluding hydrogens is 622 g/mol. The fourth-order valence-corrected chi connectivity index (χ4v) is 6.22. The number of Topliss-reactive ketones (excluding diaryl/α,β-unsaturated/α-hetero) is 1. The molecule has 12 nitrogen and oxygen atoms in total. The van der Waals surface area contributed by atoms with Crippen LogP contribution in [0, 0.1) is 11.8 Å². The van der Waals surface area contributed by atoms with Gasteiger partial charge in [0.05, 0.1) is 18.4 Å². The first-order valence-electron chi connectivity index (χ1n) is 16.6. The van der Waals surface area contributed by atoms with Gasteiger partial charge in [0.2, 0.25) is 5.91 Å². The zero-order valence-electron chi connectivity index (χ0n) is 28.0. The Hall–Kier alpha value is -5.19. The van der Waals surface area contributed by atoms with Crippen molar-refractivity contribution in [3.8, 4) is 11.1 Å². The van der Waals surface area contributed by atoms with Crippen LogP contribution in [0.25, 0.3) is 21.6 Å². The van der Waals surface area contributed by atoms with Crippen LogP contribution in [-0.2, 0) is 32.0 Å². The molecule has 0 bridgehead atoms. The summed E-state index contributed by atoms with van der Waals surface area (Å²) in [4.78, 5) is 54.3. The lowest BCUT2D eigenvalue weighted by Gasteiger charge is -2.24. The second kappa shape index (κ2) is 17.8. The number of ether oxygens (including phenoxy) is 1. The number of carbonyl (C=O) groups excluding carboxylic acids is 4. The summed E-state index contributed by atoms with van der Waals surface area (Å²) in [6.45, 7) is 4.30. The number of esters is 1. The first-order valence-corrected chi connectivity index (χ1v) is 16.6. The summed E-state index contributed by atoms with van der Waals surface area (Å²) in [7, 11) is 0. The van der Waals surface area contributed by atoms with Crippen LogP contribution in [-0.4, -0.2) is 55.5 Å². The Kier molecular flexibility index (Phi) is 13.3. The highest BCUT2D eigenvalue weighted by atomic mass is 16.5. The first-order chi connectivity index (χ1) is 23.6. The van der Waals surface area contributed by atoms with Crippen molar-refractivity contribution < 1.29 is 23.9 Å². The number of amides is 3. The van der Waals surface area contributed by atoms with Gasteiger partial charge in [0.25, 0.3) is 0 Å². The molecule has 3 aromatic carbocycles. The number of urea groups is 1. The van der Waals surface area contributed by atoms with Crippen LogP contribution in [0.4, 0.5) is 4.79 Å². The van der Waals surface area contributed by atoms with Gasteiger partial charge in [-0.05, 0) is 64.1 Å². The molecule has 0 unspecified atom stereocenters. The van der Waals surface area contributed by atoms with Crippen LogP contribution in [0.15, 0.2) is 77.9 Å². The molecule has 0 saturated carbocycles. The summed E-state index contributed by atoms with van der Waals surface area (Å²) in [6.07, 6.45) is 1.12. The second-order valence-electron chi connectivity index (χ2n) is 12.8. The van der Waals surface area contributed by atoms with E-state index in [0.717, 1.165) is 33.4 Å². The van der Waals surface area contributed by atoms with E-state index in [4.69, 9.17) is 21.7 Å². The van der Waals surface area contributed by atoms with Gasteiger partial charge >= 0.3 is 12.0 Å². The first kappa shape index (κ1) is 36.6. The van der Waals surface area contributed by atoms with E-state index in [2.05, 4.69) is 32.8 Å². The molecule has 0 fully saturated rings. The normalized spacial score (nSPS) is 13.7. The molecule has 0 aromatic heterocycles. The smallest absolute Gasteiger partial charge is 0.312 e. The van der Waals surface area contributed by atoms with Crippen LogP contribution in [0.5, 0.6) is 0 Å². The lowest BCUT2D eigenvalue weighted by atomic mass is 9.90. The highest BCUT2D eigenvalue weighted by Crippen LogP contribution is 2.44. The summed E-state index contributed by atoms with van der Waals surface area (Å²) in [6, 6.07) is 21.7. The van der Waals surface area contributed by atoms with Crippen molar-refractivity contribution >= 4 is 23.7 Å². The third-order valence-electron chi connectivity index (χ3n) is 8.85. The molecule has 1 aliphatic rings. The molecule has 3 aromatic rings. The summed E-state index contributed by atoms with van der Waals surface area (Å²) in [5.74, 6) is -2.11. The number of rotatable bonds is 18. The molecule has 4 rings (SSSR count). The number of nitrogens with zero attached hydrogens (tertiary/aromatic N) is 3. The van der Waals surface area contributed by atoms with E-state index in [-0.39, 0.29) is 62.6 Å². The average molecular weight is 668 g/mol. The molecule has 1 aliphatic carbocycles. The molecule has 0 spiro atoms. The van der Waals surface area contributed by atoms with E-state index in [1.807, 2.05) is 74.5 Å². The predicted octanol–water partition coefficient (Wildman–Crippen LogP) is 4.93. The van der Waals surface area contributed by atoms with Crippen LogP contribution >= 0.6 is 0 Å². The van der Waals surface area contributed by atoms with Crippen molar-refractivity contribution in [2.75, 3.05) is 19.7 Å². The number of fused-ring (bicyclic) bond motifs is 3. The van der Waals surface area contributed by atoms with Crippen molar-refractivity contribution in [1.82, 2.24) is 10.6 Å².